The predicted octanol–water partition coefficient (Wildman–Crippen LogP) is 1.51. The summed E-state index contributed by atoms with van der Waals surface area (Å²) in [7, 11) is 3.35. The van der Waals surface area contributed by atoms with Crippen LogP contribution in [0.3, 0.4) is 0 Å². The third kappa shape index (κ3) is 2.97. The van der Waals surface area contributed by atoms with Crippen molar-refractivity contribution in [3.05, 3.63) is 41.6 Å². The molecular weight excluding hydrogens is 344 g/mol. The predicted molar refractivity (Wildman–Crippen MR) is 103 cm³/mol. The Labute approximate surface area is 157 Å². The molecule has 3 heterocycles. The minimum atomic E-state index is -0.177. The quantitative estimate of drug-likeness (QED) is 0.856. The molecule has 27 heavy (non-hydrogen) atoms. The van der Waals surface area contributed by atoms with E-state index in [2.05, 4.69) is 25.5 Å². The Morgan fingerprint density at radius 1 is 1.30 bits per heavy atom. The number of carbonyl (C=O) groups is 2. The summed E-state index contributed by atoms with van der Waals surface area (Å²) in [6.07, 6.45) is 3.65. The van der Waals surface area contributed by atoms with Crippen molar-refractivity contribution in [2.45, 2.75) is 18.9 Å². The van der Waals surface area contributed by atoms with Crippen LogP contribution in [0.4, 0.5) is 17.5 Å². The first-order chi connectivity index (χ1) is 13.1. The van der Waals surface area contributed by atoms with Crippen molar-refractivity contribution in [2.75, 3.05) is 42.3 Å². The average molecular weight is 366 g/mol. The molecule has 1 atom stereocenters. The number of hydrogen-bond acceptors (Lipinski definition) is 6. The second-order valence-electron chi connectivity index (χ2n) is 6.72. The molecule has 0 spiro atoms. The maximum atomic E-state index is 13.3. The highest BCUT2D eigenvalue weighted by atomic mass is 16.2. The molecule has 0 saturated carbocycles. The lowest BCUT2D eigenvalue weighted by molar-refractivity contribution is 0.0959. The van der Waals surface area contributed by atoms with Gasteiger partial charge >= 0.3 is 0 Å². The molecule has 140 valence electrons. The zero-order valence-electron chi connectivity index (χ0n) is 15.4. The van der Waals surface area contributed by atoms with Crippen molar-refractivity contribution in [1.82, 2.24) is 15.3 Å². The summed E-state index contributed by atoms with van der Waals surface area (Å²) in [6, 6.07) is 7.34. The first kappa shape index (κ1) is 17.3. The molecule has 1 aromatic heterocycles. The van der Waals surface area contributed by atoms with Gasteiger partial charge in [-0.2, -0.15) is 4.98 Å². The maximum Gasteiger partial charge on any atom is 0.263 e. The number of carbonyl (C=O) groups excluding carboxylic acids is 2. The summed E-state index contributed by atoms with van der Waals surface area (Å²) >= 11 is 0. The summed E-state index contributed by atoms with van der Waals surface area (Å²) < 4.78 is 0. The van der Waals surface area contributed by atoms with Gasteiger partial charge in [0.2, 0.25) is 5.95 Å². The van der Waals surface area contributed by atoms with Crippen LogP contribution in [0.5, 0.6) is 0 Å². The average Bonchev–Trinajstić information content (AvgIpc) is 3.14. The number of nitrogens with zero attached hydrogens (tertiary/aromatic N) is 4. The van der Waals surface area contributed by atoms with Crippen LogP contribution in [0.1, 0.15) is 33.6 Å². The molecule has 2 aliphatic heterocycles. The standard InChI is InChI=1S/C19H22N6O2/c1-20-17(26)12-5-3-6-13(9-12)25-11-14-7-4-8-24(14)16-15(18(25)27)10-22-19(21-2)23-16/h3,5-6,9-10,14H,4,7-8,11H2,1-2H3,(H,20,26)(H,21,22,23). The third-order valence-electron chi connectivity index (χ3n) is 5.16. The Morgan fingerprint density at radius 3 is 2.93 bits per heavy atom. The molecular formula is C19H22N6O2. The number of benzene rings is 1. The van der Waals surface area contributed by atoms with Crippen LogP contribution in [0.15, 0.2) is 30.5 Å². The molecule has 2 aliphatic rings. The minimum Gasteiger partial charge on any atom is -0.357 e. The van der Waals surface area contributed by atoms with Crippen molar-refractivity contribution in [1.29, 1.82) is 0 Å². The molecule has 2 N–H and O–H groups in total. The van der Waals surface area contributed by atoms with E-state index in [1.54, 1.807) is 43.4 Å². The fourth-order valence-electron chi connectivity index (χ4n) is 3.79. The highest BCUT2D eigenvalue weighted by Crippen LogP contribution is 2.34. The zero-order valence-corrected chi connectivity index (χ0v) is 15.4. The Morgan fingerprint density at radius 2 is 2.15 bits per heavy atom. The molecule has 0 bridgehead atoms. The highest BCUT2D eigenvalue weighted by molar-refractivity contribution is 6.10. The van der Waals surface area contributed by atoms with E-state index in [1.165, 1.54) is 0 Å². The Balaban J connectivity index is 1.79. The Hall–Kier alpha value is -3.16. The highest BCUT2D eigenvalue weighted by Gasteiger charge is 2.37. The molecule has 1 saturated heterocycles. The Kier molecular flexibility index (Phi) is 4.39. The van der Waals surface area contributed by atoms with E-state index in [1.807, 2.05) is 6.07 Å². The van der Waals surface area contributed by atoms with Gasteiger partial charge in [-0.3, -0.25) is 9.59 Å². The topological polar surface area (TPSA) is 90.5 Å². The summed E-state index contributed by atoms with van der Waals surface area (Å²) in [5.41, 5.74) is 1.72. The van der Waals surface area contributed by atoms with Gasteiger partial charge in [0, 0.05) is 50.7 Å². The molecule has 1 aromatic carbocycles. The van der Waals surface area contributed by atoms with Crippen LogP contribution in [0.2, 0.25) is 0 Å². The van der Waals surface area contributed by atoms with Crippen LogP contribution in [0.25, 0.3) is 0 Å². The maximum absolute atomic E-state index is 13.3. The summed E-state index contributed by atoms with van der Waals surface area (Å²) in [6.45, 7) is 1.43. The zero-order chi connectivity index (χ0) is 19.0. The number of amides is 2. The van der Waals surface area contributed by atoms with Crippen LogP contribution >= 0.6 is 0 Å². The molecule has 0 radical (unpaired) electrons. The van der Waals surface area contributed by atoms with Gasteiger partial charge in [-0.1, -0.05) is 6.07 Å². The van der Waals surface area contributed by atoms with E-state index >= 15 is 0 Å². The molecule has 1 unspecified atom stereocenters. The van der Waals surface area contributed by atoms with Crippen molar-refractivity contribution < 1.29 is 9.59 Å². The van der Waals surface area contributed by atoms with Crippen LogP contribution in [-0.2, 0) is 0 Å². The lowest BCUT2D eigenvalue weighted by atomic mass is 10.1. The van der Waals surface area contributed by atoms with Gasteiger partial charge < -0.3 is 20.4 Å². The smallest absolute Gasteiger partial charge is 0.263 e. The molecule has 4 rings (SSSR count). The summed E-state index contributed by atoms with van der Waals surface area (Å²) in [5, 5.41) is 5.57. The number of nitrogens with one attached hydrogen (secondary N) is 2. The van der Waals surface area contributed by atoms with E-state index in [0.717, 1.165) is 19.4 Å². The van der Waals surface area contributed by atoms with Gasteiger partial charge in [-0.25, -0.2) is 4.98 Å². The fourth-order valence-corrected chi connectivity index (χ4v) is 3.79. The molecule has 2 aromatic rings. The van der Waals surface area contributed by atoms with Gasteiger partial charge in [0.05, 0.1) is 0 Å². The van der Waals surface area contributed by atoms with Crippen LogP contribution in [-0.4, -0.2) is 55.0 Å². The largest absolute Gasteiger partial charge is 0.357 e. The van der Waals surface area contributed by atoms with E-state index in [9.17, 15) is 9.59 Å². The first-order valence-corrected chi connectivity index (χ1v) is 9.08. The van der Waals surface area contributed by atoms with Gasteiger partial charge in [0.15, 0.2) is 0 Å². The SMILES string of the molecule is CNC(=O)c1cccc(N2CC3CCCN3c3nc(NC)ncc3C2=O)c1. The number of rotatable bonds is 3. The molecule has 1 fully saturated rings. The second kappa shape index (κ2) is 6.86. The molecule has 0 aliphatic carbocycles. The lowest BCUT2D eigenvalue weighted by Crippen LogP contribution is -2.39. The summed E-state index contributed by atoms with van der Waals surface area (Å²) in [4.78, 5) is 38.1. The summed E-state index contributed by atoms with van der Waals surface area (Å²) in [5.74, 6) is 0.870. The normalized spacial score (nSPS) is 18.6. The number of anilines is 3. The van der Waals surface area contributed by atoms with Crippen molar-refractivity contribution in [3.63, 3.8) is 0 Å². The minimum absolute atomic E-state index is 0.142. The number of fused-ring (bicyclic) bond motifs is 3. The van der Waals surface area contributed by atoms with Gasteiger partial charge in [-0.15, -0.1) is 0 Å². The molecule has 2 amide bonds. The van der Waals surface area contributed by atoms with Gasteiger partial charge in [-0.05, 0) is 31.0 Å². The Bertz CT molecular complexity index is 900. The van der Waals surface area contributed by atoms with Gasteiger partial charge in [0.1, 0.15) is 11.4 Å². The molecule has 8 heteroatoms. The van der Waals surface area contributed by atoms with E-state index in [-0.39, 0.29) is 17.9 Å². The monoisotopic (exact) mass is 366 g/mol. The lowest BCUT2D eigenvalue weighted by Gasteiger charge is -2.27. The van der Waals surface area contributed by atoms with Crippen molar-refractivity contribution in [3.8, 4) is 0 Å². The third-order valence-corrected chi connectivity index (χ3v) is 5.16. The van der Waals surface area contributed by atoms with E-state index < -0.39 is 0 Å². The number of hydrogen-bond donors (Lipinski definition) is 2. The second-order valence-corrected chi connectivity index (χ2v) is 6.72. The van der Waals surface area contributed by atoms with Crippen LogP contribution < -0.4 is 20.4 Å². The molecule has 8 nitrogen and oxygen atoms in total. The fraction of sp³-hybridized carbons (Fsp3) is 0.368. The van der Waals surface area contributed by atoms with Crippen molar-refractivity contribution >= 4 is 29.3 Å². The van der Waals surface area contributed by atoms with Gasteiger partial charge in [0.25, 0.3) is 11.8 Å². The first-order valence-electron chi connectivity index (χ1n) is 9.08. The van der Waals surface area contributed by atoms with E-state index in [0.29, 0.717) is 35.1 Å². The van der Waals surface area contributed by atoms with E-state index in [4.69, 9.17) is 0 Å². The van der Waals surface area contributed by atoms with Crippen molar-refractivity contribution in [2.24, 2.45) is 0 Å². The number of aromatic nitrogens is 2. The van der Waals surface area contributed by atoms with Crippen LogP contribution in [0, 0.1) is 0 Å².